The number of hydrogen-bond acceptors (Lipinski definition) is 3. The van der Waals surface area contributed by atoms with E-state index in [0.717, 1.165) is 5.56 Å². The topological polar surface area (TPSA) is 52.3 Å². The highest BCUT2D eigenvalue weighted by atomic mass is 19.1. The molecule has 2 rings (SSSR count). The van der Waals surface area contributed by atoms with Gasteiger partial charge in [-0.15, -0.1) is 0 Å². The van der Waals surface area contributed by atoms with E-state index in [2.05, 4.69) is 0 Å². The van der Waals surface area contributed by atoms with Crippen molar-refractivity contribution in [1.29, 1.82) is 0 Å². The van der Waals surface area contributed by atoms with Crippen LogP contribution in [-0.2, 0) is 6.61 Å². The quantitative estimate of drug-likeness (QED) is 0.677. The number of hydrogen-bond donors (Lipinski definition) is 1. The van der Waals surface area contributed by atoms with Crippen molar-refractivity contribution in [3.05, 3.63) is 59.4 Å². The molecule has 3 nitrogen and oxygen atoms in total. The minimum atomic E-state index is -0.578. The molecule has 98 valence electrons. The molecule has 0 aliphatic rings. The van der Waals surface area contributed by atoms with Crippen LogP contribution in [0.3, 0.4) is 0 Å². The van der Waals surface area contributed by atoms with Crippen LogP contribution in [0.5, 0.6) is 5.75 Å². The van der Waals surface area contributed by atoms with Gasteiger partial charge in [-0.3, -0.25) is 4.79 Å². The van der Waals surface area contributed by atoms with E-state index in [1.807, 2.05) is 18.2 Å². The molecule has 0 aliphatic carbocycles. The van der Waals surface area contributed by atoms with Crippen molar-refractivity contribution in [2.75, 3.05) is 5.73 Å². The number of ketones is 1. The van der Waals surface area contributed by atoms with Crippen LogP contribution in [0.4, 0.5) is 10.1 Å². The number of halogens is 1. The Balaban J connectivity index is 2.11. The Morgan fingerprint density at radius 2 is 2.00 bits per heavy atom. The van der Waals surface area contributed by atoms with Crippen LogP contribution in [-0.4, -0.2) is 5.78 Å². The lowest BCUT2D eigenvalue weighted by Crippen LogP contribution is -2.01. The van der Waals surface area contributed by atoms with Crippen LogP contribution in [0.1, 0.15) is 22.8 Å². The van der Waals surface area contributed by atoms with Crippen molar-refractivity contribution >= 4 is 11.5 Å². The molecule has 0 atom stereocenters. The number of benzene rings is 2. The van der Waals surface area contributed by atoms with E-state index in [1.165, 1.54) is 19.1 Å². The number of nitrogen functional groups attached to an aromatic ring is 1. The minimum absolute atomic E-state index is 0.0616. The summed E-state index contributed by atoms with van der Waals surface area (Å²) in [6, 6.07) is 11.5. The summed E-state index contributed by atoms with van der Waals surface area (Å²) in [4.78, 5) is 11.1. The van der Waals surface area contributed by atoms with E-state index in [1.54, 1.807) is 12.1 Å². The molecule has 0 aliphatic heterocycles. The normalized spacial score (nSPS) is 10.2. The predicted octanol–water partition coefficient (Wildman–Crippen LogP) is 3.19. The van der Waals surface area contributed by atoms with Gasteiger partial charge in [-0.05, 0) is 25.1 Å². The fourth-order valence-corrected chi connectivity index (χ4v) is 1.70. The second kappa shape index (κ2) is 5.52. The maximum absolute atomic E-state index is 13.6. The first-order chi connectivity index (χ1) is 9.08. The Labute approximate surface area is 110 Å². The Bertz CT molecular complexity index is 611. The Morgan fingerprint density at radius 1 is 1.26 bits per heavy atom. The molecule has 2 N–H and O–H groups in total. The van der Waals surface area contributed by atoms with Crippen molar-refractivity contribution in [2.24, 2.45) is 0 Å². The van der Waals surface area contributed by atoms with Crippen LogP contribution < -0.4 is 10.5 Å². The molecule has 0 unspecified atom stereocenters. The van der Waals surface area contributed by atoms with Crippen LogP contribution in [0.2, 0.25) is 0 Å². The molecule has 2 aromatic carbocycles. The van der Waals surface area contributed by atoms with E-state index in [9.17, 15) is 9.18 Å². The van der Waals surface area contributed by atoms with Gasteiger partial charge in [0, 0.05) is 17.3 Å². The third kappa shape index (κ3) is 3.10. The van der Waals surface area contributed by atoms with Crippen LogP contribution in [0, 0.1) is 5.82 Å². The molecule has 0 radical (unpaired) electrons. The molecule has 0 saturated heterocycles. The van der Waals surface area contributed by atoms with Gasteiger partial charge in [-0.25, -0.2) is 4.39 Å². The highest BCUT2D eigenvalue weighted by Gasteiger charge is 2.08. The molecule has 0 fully saturated rings. The Morgan fingerprint density at radius 3 is 2.63 bits per heavy atom. The highest BCUT2D eigenvalue weighted by molar-refractivity contribution is 5.94. The summed E-state index contributed by atoms with van der Waals surface area (Å²) in [6.45, 7) is 1.58. The molecule has 0 saturated carbocycles. The molecule has 19 heavy (non-hydrogen) atoms. The summed E-state index contributed by atoms with van der Waals surface area (Å²) >= 11 is 0. The molecular formula is C15H14FNO2. The maximum atomic E-state index is 13.6. The van der Waals surface area contributed by atoms with Crippen molar-refractivity contribution in [2.45, 2.75) is 13.5 Å². The minimum Gasteiger partial charge on any atom is -0.489 e. The van der Waals surface area contributed by atoms with Gasteiger partial charge in [0.15, 0.2) is 5.78 Å². The summed E-state index contributed by atoms with van der Waals surface area (Å²) in [7, 11) is 0. The van der Waals surface area contributed by atoms with Crippen LogP contribution in [0.15, 0.2) is 42.5 Å². The van der Waals surface area contributed by atoms with Crippen LogP contribution in [0.25, 0.3) is 0 Å². The first-order valence-corrected chi connectivity index (χ1v) is 5.84. The average molecular weight is 259 g/mol. The number of carbonyl (C=O) groups excluding carboxylic acids is 1. The zero-order chi connectivity index (χ0) is 13.8. The molecule has 0 spiro atoms. The smallest absolute Gasteiger partial charge is 0.162 e. The zero-order valence-electron chi connectivity index (χ0n) is 10.5. The molecular weight excluding hydrogens is 245 g/mol. The van der Waals surface area contributed by atoms with Crippen molar-refractivity contribution < 1.29 is 13.9 Å². The molecule has 0 bridgehead atoms. The Kier molecular flexibility index (Phi) is 3.80. The number of nitrogens with two attached hydrogens (primary N) is 1. The Hall–Kier alpha value is -2.36. The van der Waals surface area contributed by atoms with Gasteiger partial charge in [0.05, 0.1) is 5.56 Å². The molecule has 0 heterocycles. The lowest BCUT2D eigenvalue weighted by Gasteiger charge is -2.09. The van der Waals surface area contributed by atoms with E-state index < -0.39 is 5.82 Å². The largest absolute Gasteiger partial charge is 0.489 e. The zero-order valence-corrected chi connectivity index (χ0v) is 10.5. The van der Waals surface area contributed by atoms with Gasteiger partial charge in [0.1, 0.15) is 18.2 Å². The second-order valence-corrected chi connectivity index (χ2v) is 4.19. The number of rotatable bonds is 4. The van der Waals surface area contributed by atoms with Gasteiger partial charge in [-0.1, -0.05) is 18.2 Å². The second-order valence-electron chi connectivity index (χ2n) is 4.19. The van der Waals surface area contributed by atoms with Crippen molar-refractivity contribution in [1.82, 2.24) is 0 Å². The average Bonchev–Trinajstić information content (AvgIpc) is 2.37. The van der Waals surface area contributed by atoms with E-state index in [4.69, 9.17) is 10.5 Å². The lowest BCUT2D eigenvalue weighted by molar-refractivity contribution is 0.101. The summed E-state index contributed by atoms with van der Waals surface area (Å²) in [6.07, 6.45) is 0. The summed E-state index contributed by atoms with van der Waals surface area (Å²) in [5.74, 6) is -0.520. The van der Waals surface area contributed by atoms with Gasteiger partial charge in [0.25, 0.3) is 0 Å². The fourth-order valence-electron chi connectivity index (χ4n) is 1.70. The van der Waals surface area contributed by atoms with Gasteiger partial charge < -0.3 is 10.5 Å². The van der Waals surface area contributed by atoms with E-state index in [-0.39, 0.29) is 18.0 Å². The highest BCUT2D eigenvalue weighted by Crippen LogP contribution is 2.19. The standard InChI is InChI=1S/C15H14FNO2/c1-10(18)13-7-6-12(8-14(13)16)19-9-11-4-2-3-5-15(11)17/h2-8H,9,17H2,1H3. The monoisotopic (exact) mass is 259 g/mol. The summed E-state index contributed by atoms with van der Waals surface area (Å²) < 4.78 is 19.0. The molecule has 4 heteroatoms. The van der Waals surface area contributed by atoms with Gasteiger partial charge >= 0.3 is 0 Å². The van der Waals surface area contributed by atoms with Gasteiger partial charge in [0.2, 0.25) is 0 Å². The first-order valence-electron chi connectivity index (χ1n) is 5.84. The number of ether oxygens (including phenoxy) is 1. The molecule has 0 amide bonds. The van der Waals surface area contributed by atoms with Gasteiger partial charge in [-0.2, -0.15) is 0 Å². The molecule has 2 aromatic rings. The number of anilines is 1. The maximum Gasteiger partial charge on any atom is 0.162 e. The molecule has 0 aromatic heterocycles. The first kappa shape index (κ1) is 13.1. The number of para-hydroxylation sites is 1. The number of carbonyl (C=O) groups is 1. The van der Waals surface area contributed by atoms with Crippen LogP contribution >= 0.6 is 0 Å². The fraction of sp³-hybridized carbons (Fsp3) is 0.133. The SMILES string of the molecule is CC(=O)c1ccc(OCc2ccccc2N)cc1F. The summed E-state index contributed by atoms with van der Waals surface area (Å²) in [5.41, 5.74) is 7.30. The van der Waals surface area contributed by atoms with E-state index in [0.29, 0.717) is 11.4 Å². The third-order valence-corrected chi connectivity index (χ3v) is 2.77. The van der Waals surface area contributed by atoms with E-state index >= 15 is 0 Å². The van der Waals surface area contributed by atoms with Crippen molar-refractivity contribution in [3.63, 3.8) is 0 Å². The predicted molar refractivity (Wildman–Crippen MR) is 71.6 cm³/mol. The number of Topliss-reactive ketones (excluding diaryl/α,β-unsaturated/α-hetero) is 1. The van der Waals surface area contributed by atoms with Crippen molar-refractivity contribution in [3.8, 4) is 5.75 Å². The summed E-state index contributed by atoms with van der Waals surface area (Å²) in [5, 5.41) is 0. The third-order valence-electron chi connectivity index (χ3n) is 2.77. The lowest BCUT2D eigenvalue weighted by atomic mass is 10.1.